The molecule has 2 aliphatic rings. The summed E-state index contributed by atoms with van der Waals surface area (Å²) in [6.45, 7) is 6.52. The SMILES string of the molecule is COC(=O)[C@@H]([Se]C1C(=O)C2(C)CCC1C2(C)C)[C@H](CC(=O)c1ccccc1)c1ccccc1. The first kappa shape index (κ1) is 23.9. The molecule has 0 spiro atoms. The van der Waals surface area contributed by atoms with Gasteiger partial charge in [-0.3, -0.25) is 0 Å². The Kier molecular flexibility index (Phi) is 6.66. The summed E-state index contributed by atoms with van der Waals surface area (Å²) in [6.07, 6.45) is 2.16. The minimum absolute atomic E-state index is 0.000664. The number of fused-ring (bicyclic) bond motifs is 2. The second-order valence-corrected chi connectivity index (χ2v) is 12.8. The van der Waals surface area contributed by atoms with Gasteiger partial charge in [-0.25, -0.2) is 0 Å². The van der Waals surface area contributed by atoms with Crippen molar-refractivity contribution in [2.75, 3.05) is 7.11 Å². The Morgan fingerprint density at radius 3 is 2.18 bits per heavy atom. The number of esters is 1. The second kappa shape index (κ2) is 9.19. The number of carbonyl (C=O) groups is 3. The first-order chi connectivity index (χ1) is 15.7. The molecule has 0 saturated heterocycles. The first-order valence-electron chi connectivity index (χ1n) is 11.6. The van der Waals surface area contributed by atoms with Gasteiger partial charge in [-0.2, -0.15) is 0 Å². The molecule has 5 heteroatoms. The molecule has 0 radical (unpaired) electrons. The molecule has 0 heterocycles. The fourth-order valence-electron chi connectivity index (χ4n) is 5.79. The van der Waals surface area contributed by atoms with E-state index < -0.39 is 4.82 Å². The van der Waals surface area contributed by atoms with Gasteiger partial charge >= 0.3 is 203 Å². The van der Waals surface area contributed by atoms with Crippen molar-refractivity contribution >= 4 is 32.5 Å². The van der Waals surface area contributed by atoms with Crippen LogP contribution in [0.15, 0.2) is 60.7 Å². The average molecular weight is 512 g/mol. The molecule has 0 amide bonds. The Morgan fingerprint density at radius 2 is 1.64 bits per heavy atom. The van der Waals surface area contributed by atoms with E-state index in [1.807, 2.05) is 60.7 Å². The van der Waals surface area contributed by atoms with Gasteiger partial charge in [0.1, 0.15) is 0 Å². The minimum atomic E-state index is -0.495. The normalized spacial score (nSPS) is 27.2. The first-order valence-corrected chi connectivity index (χ1v) is 13.6. The number of Topliss-reactive ketones (excluding diaryl/α,β-unsaturated/α-hetero) is 2. The van der Waals surface area contributed by atoms with Crippen molar-refractivity contribution in [1.82, 2.24) is 0 Å². The van der Waals surface area contributed by atoms with Crippen LogP contribution in [0.1, 0.15) is 61.9 Å². The molecule has 5 atom stereocenters. The van der Waals surface area contributed by atoms with E-state index in [0.717, 1.165) is 18.4 Å². The van der Waals surface area contributed by atoms with Crippen LogP contribution in [0.5, 0.6) is 0 Å². The molecular formula is C28H32O4Se. The second-order valence-electron chi connectivity index (χ2n) is 10.1. The third-order valence-electron chi connectivity index (χ3n) is 8.29. The van der Waals surface area contributed by atoms with Crippen molar-refractivity contribution in [2.45, 2.75) is 55.6 Å². The number of benzene rings is 2. The monoisotopic (exact) mass is 512 g/mol. The van der Waals surface area contributed by atoms with Gasteiger partial charge in [0, 0.05) is 0 Å². The van der Waals surface area contributed by atoms with Crippen LogP contribution >= 0.6 is 0 Å². The average Bonchev–Trinajstić information content (AvgIpc) is 3.14. The van der Waals surface area contributed by atoms with Crippen LogP contribution in [0.3, 0.4) is 0 Å². The Bertz CT molecular complexity index is 1030. The zero-order valence-electron chi connectivity index (χ0n) is 19.7. The predicted octanol–water partition coefficient (Wildman–Crippen LogP) is 5.52. The van der Waals surface area contributed by atoms with Gasteiger partial charge in [-0.1, -0.05) is 0 Å². The van der Waals surface area contributed by atoms with Gasteiger partial charge in [0.05, 0.1) is 0 Å². The van der Waals surface area contributed by atoms with E-state index in [2.05, 4.69) is 20.8 Å². The zero-order chi connectivity index (χ0) is 23.8. The van der Waals surface area contributed by atoms with Crippen LogP contribution in [0.25, 0.3) is 0 Å². The molecule has 0 aromatic heterocycles. The molecule has 2 aromatic carbocycles. The van der Waals surface area contributed by atoms with E-state index in [1.165, 1.54) is 7.11 Å². The van der Waals surface area contributed by atoms with Crippen molar-refractivity contribution in [3.8, 4) is 0 Å². The standard InChI is InChI=1S/C28H32O4Se/c1-27(2)21-15-16-28(27,3)25(30)24(21)33-23(26(31)32-4)20(18-11-7-5-8-12-18)17-22(29)19-13-9-6-10-14-19/h5-14,20-21,23-24H,15-17H2,1-4H3/t20-,21?,23+,24?,28?/m1/s1. The zero-order valence-corrected chi connectivity index (χ0v) is 21.5. The summed E-state index contributed by atoms with van der Waals surface area (Å²) in [5.41, 5.74) is 1.19. The van der Waals surface area contributed by atoms with Gasteiger partial charge in [0.15, 0.2) is 0 Å². The fourth-order valence-corrected chi connectivity index (χ4v) is 10.0. The molecule has 174 valence electrons. The summed E-state index contributed by atoms with van der Waals surface area (Å²) in [4.78, 5) is 39.3. The number of rotatable bonds is 8. The summed E-state index contributed by atoms with van der Waals surface area (Å²) in [5, 5.41) is 0. The molecule has 4 rings (SSSR count). The number of ether oxygens (including phenoxy) is 1. The van der Waals surface area contributed by atoms with Crippen molar-refractivity contribution in [1.29, 1.82) is 0 Å². The number of methoxy groups -OCH3 is 1. The fraction of sp³-hybridized carbons (Fsp3) is 0.464. The molecular weight excluding hydrogens is 479 g/mol. The van der Waals surface area contributed by atoms with Crippen molar-refractivity contribution in [2.24, 2.45) is 16.7 Å². The Labute approximate surface area is 202 Å². The Balaban J connectivity index is 1.68. The van der Waals surface area contributed by atoms with E-state index >= 15 is 0 Å². The summed E-state index contributed by atoms with van der Waals surface area (Å²) < 4.78 is 5.26. The number of carbonyl (C=O) groups excluding carboxylic acids is 3. The van der Waals surface area contributed by atoms with E-state index in [4.69, 9.17) is 4.74 Å². The van der Waals surface area contributed by atoms with Crippen LogP contribution in [-0.4, -0.2) is 39.6 Å². The van der Waals surface area contributed by atoms with E-state index in [1.54, 1.807) is 0 Å². The molecule has 2 bridgehead atoms. The van der Waals surface area contributed by atoms with Gasteiger partial charge in [0.25, 0.3) is 0 Å². The maximum absolute atomic E-state index is 13.6. The van der Waals surface area contributed by atoms with Crippen LogP contribution in [-0.2, 0) is 14.3 Å². The molecule has 2 aliphatic carbocycles. The molecule has 2 fully saturated rings. The summed E-state index contributed by atoms with van der Waals surface area (Å²) >= 11 is -0.318. The van der Waals surface area contributed by atoms with Crippen LogP contribution in [0.2, 0.25) is 9.63 Å². The molecule has 4 nitrogen and oxygen atoms in total. The van der Waals surface area contributed by atoms with Crippen molar-refractivity contribution < 1.29 is 19.1 Å². The van der Waals surface area contributed by atoms with E-state index in [-0.39, 0.29) is 60.6 Å². The summed E-state index contributed by atoms with van der Waals surface area (Å²) in [7, 11) is 1.40. The van der Waals surface area contributed by atoms with Gasteiger partial charge < -0.3 is 0 Å². The molecule has 33 heavy (non-hydrogen) atoms. The van der Waals surface area contributed by atoms with E-state index in [9.17, 15) is 14.4 Å². The molecule has 3 unspecified atom stereocenters. The molecule has 0 aliphatic heterocycles. The van der Waals surface area contributed by atoms with Gasteiger partial charge in [-0.05, 0) is 0 Å². The molecule has 0 N–H and O–H groups in total. The number of ketones is 2. The number of hydrogen-bond acceptors (Lipinski definition) is 4. The molecule has 2 aromatic rings. The Morgan fingerprint density at radius 1 is 1.03 bits per heavy atom. The predicted molar refractivity (Wildman–Crippen MR) is 129 cm³/mol. The van der Waals surface area contributed by atoms with Crippen LogP contribution in [0, 0.1) is 16.7 Å². The van der Waals surface area contributed by atoms with Gasteiger partial charge in [0.2, 0.25) is 0 Å². The Hall–Kier alpha value is -2.23. The maximum atomic E-state index is 13.6. The third-order valence-corrected chi connectivity index (χ3v) is 11.8. The van der Waals surface area contributed by atoms with E-state index in [0.29, 0.717) is 11.3 Å². The summed E-state index contributed by atoms with van der Waals surface area (Å²) in [5.74, 6) is -0.0552. The van der Waals surface area contributed by atoms with Gasteiger partial charge in [-0.15, -0.1) is 0 Å². The van der Waals surface area contributed by atoms with Crippen LogP contribution < -0.4 is 0 Å². The van der Waals surface area contributed by atoms with Crippen molar-refractivity contribution in [3.63, 3.8) is 0 Å². The number of hydrogen-bond donors (Lipinski definition) is 0. The van der Waals surface area contributed by atoms with Crippen molar-refractivity contribution in [3.05, 3.63) is 71.8 Å². The topological polar surface area (TPSA) is 60.4 Å². The molecule has 2 saturated carbocycles. The van der Waals surface area contributed by atoms with Crippen LogP contribution in [0.4, 0.5) is 0 Å². The third kappa shape index (κ3) is 4.11. The summed E-state index contributed by atoms with van der Waals surface area (Å²) in [6, 6.07) is 19.0. The quantitative estimate of drug-likeness (QED) is 0.266.